The number of furan rings is 1. The maximum Gasteiger partial charge on any atom is 0.216 e. The lowest BCUT2D eigenvalue weighted by molar-refractivity contribution is 0.417. The lowest BCUT2D eigenvalue weighted by Crippen LogP contribution is -2.23. The van der Waals surface area contributed by atoms with Crippen molar-refractivity contribution in [2.24, 2.45) is 10.7 Å². The van der Waals surface area contributed by atoms with E-state index in [9.17, 15) is 0 Å². The fraction of sp³-hybridized carbons (Fsp3) is 0.188. The van der Waals surface area contributed by atoms with Crippen LogP contribution < -0.4 is 15.8 Å². The molecule has 24 heavy (non-hydrogen) atoms. The van der Waals surface area contributed by atoms with E-state index in [1.54, 1.807) is 25.5 Å². The molecule has 0 aliphatic rings. The van der Waals surface area contributed by atoms with Crippen LogP contribution in [-0.2, 0) is 6.42 Å². The second-order valence-corrected chi connectivity index (χ2v) is 4.93. The second-order valence-electron chi connectivity index (χ2n) is 4.93. The zero-order valence-electron chi connectivity index (χ0n) is 13.2. The molecule has 0 amide bonds. The molecule has 8 nitrogen and oxygen atoms in total. The highest BCUT2D eigenvalue weighted by Crippen LogP contribution is 2.22. The van der Waals surface area contributed by atoms with Crippen molar-refractivity contribution in [2.45, 2.75) is 6.42 Å². The molecule has 0 fully saturated rings. The Morgan fingerprint density at radius 2 is 2.21 bits per heavy atom. The van der Waals surface area contributed by atoms with Crippen molar-refractivity contribution in [2.75, 3.05) is 19.0 Å². The predicted molar refractivity (Wildman–Crippen MR) is 90.9 cm³/mol. The monoisotopic (exact) mass is 326 g/mol. The third kappa shape index (κ3) is 3.72. The molecule has 0 atom stereocenters. The minimum atomic E-state index is 0.310. The summed E-state index contributed by atoms with van der Waals surface area (Å²) in [6.45, 7) is 0.473. The fourth-order valence-electron chi connectivity index (χ4n) is 2.13. The summed E-state index contributed by atoms with van der Waals surface area (Å²) >= 11 is 0. The van der Waals surface area contributed by atoms with Gasteiger partial charge in [0.05, 0.1) is 19.1 Å². The van der Waals surface area contributed by atoms with Gasteiger partial charge in [-0.15, -0.1) is 0 Å². The molecular formula is C16H18N6O2. The number of aromatic nitrogens is 3. The van der Waals surface area contributed by atoms with Gasteiger partial charge >= 0.3 is 0 Å². The summed E-state index contributed by atoms with van der Waals surface area (Å²) in [5.74, 6) is 2.88. The van der Waals surface area contributed by atoms with E-state index in [0.29, 0.717) is 36.3 Å². The summed E-state index contributed by atoms with van der Waals surface area (Å²) in [4.78, 5) is 8.63. The quantitative estimate of drug-likeness (QED) is 0.472. The first kappa shape index (κ1) is 15.6. The number of para-hydroxylation sites is 2. The van der Waals surface area contributed by atoms with Gasteiger partial charge in [-0.05, 0) is 24.3 Å². The molecular weight excluding hydrogens is 308 g/mol. The topological polar surface area (TPSA) is 114 Å². The molecule has 124 valence electrons. The molecule has 3 rings (SSSR count). The maximum absolute atomic E-state index is 5.90. The molecule has 0 spiro atoms. The van der Waals surface area contributed by atoms with Crippen molar-refractivity contribution >= 4 is 11.6 Å². The van der Waals surface area contributed by atoms with E-state index >= 15 is 0 Å². The standard InChI is InChI=1S/C16H18N6O2/c1-23-12-6-3-2-5-11(12)19-16(17)18-9-8-14-20-15(22-21-14)13-7-4-10-24-13/h2-7,10H,8-9H2,1H3,(H3,17,18,19)(H,20,21,22). The van der Waals surface area contributed by atoms with Crippen LogP contribution in [0.25, 0.3) is 11.6 Å². The number of ether oxygens (including phenoxy) is 1. The number of anilines is 1. The molecule has 0 aliphatic heterocycles. The minimum Gasteiger partial charge on any atom is -0.495 e. The highest BCUT2D eigenvalue weighted by atomic mass is 16.5. The van der Waals surface area contributed by atoms with Gasteiger partial charge in [0.1, 0.15) is 11.6 Å². The third-order valence-corrected chi connectivity index (χ3v) is 3.27. The van der Waals surface area contributed by atoms with Gasteiger partial charge < -0.3 is 20.2 Å². The number of nitrogens with one attached hydrogen (secondary N) is 2. The first-order valence-corrected chi connectivity index (χ1v) is 7.41. The largest absolute Gasteiger partial charge is 0.495 e. The van der Waals surface area contributed by atoms with Crippen molar-refractivity contribution in [1.29, 1.82) is 0 Å². The van der Waals surface area contributed by atoms with Crippen molar-refractivity contribution in [3.8, 4) is 17.3 Å². The lowest BCUT2D eigenvalue weighted by Gasteiger charge is -2.09. The highest BCUT2D eigenvalue weighted by molar-refractivity contribution is 5.93. The van der Waals surface area contributed by atoms with Crippen LogP contribution in [0.1, 0.15) is 5.82 Å². The van der Waals surface area contributed by atoms with Gasteiger partial charge in [-0.2, -0.15) is 5.10 Å². The lowest BCUT2D eigenvalue weighted by atomic mass is 10.3. The van der Waals surface area contributed by atoms with Gasteiger partial charge in [0.15, 0.2) is 11.7 Å². The Morgan fingerprint density at radius 1 is 1.33 bits per heavy atom. The van der Waals surface area contributed by atoms with E-state index < -0.39 is 0 Å². The molecule has 2 heterocycles. The van der Waals surface area contributed by atoms with Crippen LogP contribution in [0.4, 0.5) is 5.69 Å². The zero-order chi connectivity index (χ0) is 16.8. The third-order valence-electron chi connectivity index (χ3n) is 3.27. The Hall–Kier alpha value is -3.29. The van der Waals surface area contributed by atoms with Crippen molar-refractivity contribution in [3.05, 3.63) is 48.5 Å². The Morgan fingerprint density at radius 3 is 3.00 bits per heavy atom. The number of nitrogens with zero attached hydrogens (tertiary/aromatic N) is 3. The zero-order valence-corrected chi connectivity index (χ0v) is 13.2. The molecule has 0 radical (unpaired) electrons. The first-order valence-electron chi connectivity index (χ1n) is 7.41. The Labute approximate surface area is 138 Å². The Balaban J connectivity index is 1.56. The average Bonchev–Trinajstić information content (AvgIpc) is 3.26. The Bertz CT molecular complexity index is 810. The molecule has 2 aromatic heterocycles. The van der Waals surface area contributed by atoms with Gasteiger partial charge in [0, 0.05) is 13.0 Å². The summed E-state index contributed by atoms with van der Waals surface area (Å²) in [5.41, 5.74) is 6.66. The molecule has 3 aromatic rings. The molecule has 0 aliphatic carbocycles. The summed E-state index contributed by atoms with van der Waals surface area (Å²) in [7, 11) is 1.61. The number of hydrogen-bond acceptors (Lipinski definition) is 5. The molecule has 1 aromatic carbocycles. The van der Waals surface area contributed by atoms with Crippen LogP contribution in [0.5, 0.6) is 5.75 Å². The summed E-state index contributed by atoms with van der Waals surface area (Å²) in [6, 6.07) is 11.1. The summed E-state index contributed by atoms with van der Waals surface area (Å²) in [6.07, 6.45) is 2.17. The number of nitrogens with two attached hydrogens (primary N) is 1. The van der Waals surface area contributed by atoms with Crippen molar-refractivity contribution in [1.82, 2.24) is 15.2 Å². The number of hydrogen-bond donors (Lipinski definition) is 3. The summed E-state index contributed by atoms with van der Waals surface area (Å²) < 4.78 is 10.5. The van der Waals surface area contributed by atoms with E-state index in [1.165, 1.54) is 0 Å². The van der Waals surface area contributed by atoms with Crippen LogP contribution in [0.3, 0.4) is 0 Å². The average molecular weight is 326 g/mol. The molecule has 8 heteroatoms. The molecule has 0 saturated heterocycles. The first-order chi connectivity index (χ1) is 11.8. The number of methoxy groups -OCH3 is 1. The minimum absolute atomic E-state index is 0.310. The van der Waals surface area contributed by atoms with Gasteiger partial charge in [0.2, 0.25) is 5.82 Å². The second kappa shape index (κ2) is 7.32. The van der Waals surface area contributed by atoms with Crippen molar-refractivity contribution in [3.63, 3.8) is 0 Å². The van der Waals surface area contributed by atoms with Gasteiger partial charge in [0.25, 0.3) is 0 Å². The number of H-pyrrole nitrogens is 1. The number of benzene rings is 1. The van der Waals surface area contributed by atoms with Crippen molar-refractivity contribution < 1.29 is 9.15 Å². The van der Waals surface area contributed by atoms with Crippen LogP contribution in [0.2, 0.25) is 0 Å². The highest BCUT2D eigenvalue weighted by Gasteiger charge is 2.08. The molecule has 4 N–H and O–H groups in total. The van der Waals surface area contributed by atoms with Crippen LogP contribution in [-0.4, -0.2) is 34.8 Å². The van der Waals surface area contributed by atoms with Crippen LogP contribution in [0, 0.1) is 0 Å². The summed E-state index contributed by atoms with van der Waals surface area (Å²) in [5, 5.41) is 9.99. The molecule has 0 bridgehead atoms. The predicted octanol–water partition coefficient (Wildman–Crippen LogP) is 2.04. The van der Waals surface area contributed by atoms with Gasteiger partial charge in [-0.1, -0.05) is 12.1 Å². The van der Waals surface area contributed by atoms with E-state index in [4.69, 9.17) is 14.9 Å². The van der Waals surface area contributed by atoms with Gasteiger partial charge in [-0.3, -0.25) is 10.1 Å². The smallest absolute Gasteiger partial charge is 0.216 e. The molecule has 0 unspecified atom stereocenters. The maximum atomic E-state index is 5.90. The molecule has 0 saturated carbocycles. The van der Waals surface area contributed by atoms with E-state index in [-0.39, 0.29) is 0 Å². The SMILES string of the molecule is COc1ccccc1NC(N)=NCCc1nc(-c2ccco2)n[nH]1. The number of aliphatic imine (C=N–C) groups is 1. The van der Waals surface area contributed by atoms with E-state index in [2.05, 4.69) is 25.5 Å². The normalized spacial score (nSPS) is 11.5. The number of aromatic amines is 1. The van der Waals surface area contributed by atoms with Gasteiger partial charge in [-0.25, -0.2) is 4.98 Å². The number of guanidine groups is 1. The van der Waals surface area contributed by atoms with E-state index in [1.807, 2.05) is 24.3 Å². The number of rotatable bonds is 6. The van der Waals surface area contributed by atoms with Crippen LogP contribution in [0.15, 0.2) is 52.1 Å². The Kier molecular flexibility index (Phi) is 4.76. The van der Waals surface area contributed by atoms with Crippen LogP contribution >= 0.6 is 0 Å². The fourth-order valence-corrected chi connectivity index (χ4v) is 2.13. The van der Waals surface area contributed by atoms with E-state index in [0.717, 1.165) is 11.5 Å².